The molecule has 0 bridgehead atoms. The molecule has 0 aliphatic carbocycles. The highest BCUT2D eigenvalue weighted by Crippen LogP contribution is 2.30. The summed E-state index contributed by atoms with van der Waals surface area (Å²) in [4.78, 5) is 23.7. The van der Waals surface area contributed by atoms with Gasteiger partial charge in [0.2, 0.25) is 11.0 Å². The van der Waals surface area contributed by atoms with Crippen molar-refractivity contribution in [2.45, 2.75) is 33.6 Å². The average molecular weight is 536 g/mol. The molecule has 38 heavy (non-hydrogen) atoms. The summed E-state index contributed by atoms with van der Waals surface area (Å²) in [6.45, 7) is 8.22. The van der Waals surface area contributed by atoms with E-state index >= 15 is 0 Å². The molecule has 3 rings (SSSR count). The molecule has 1 heterocycles. The molecule has 10 nitrogen and oxygen atoms in total. The molecular formula is C27H29N5O5S. The number of nitrogens with zero attached hydrogens (tertiary/aromatic N) is 3. The maximum absolute atomic E-state index is 12.6. The van der Waals surface area contributed by atoms with Gasteiger partial charge >= 0.3 is 0 Å². The Kier molecular flexibility index (Phi) is 10.2. The van der Waals surface area contributed by atoms with Crippen LogP contribution in [0.25, 0.3) is 6.08 Å². The highest BCUT2D eigenvalue weighted by molar-refractivity contribution is 7.15. The standard InChI is InChI=1S/C27H29N5O5S/c1-5-35-24-15-19(14-20(16-28)25(34)30-27-32-31-26(38-27)17(2)3)6-11-23(24)37-13-12-36-22-9-7-21(8-10-22)29-18(4)33/h6-11,14-15,17H,5,12-13H2,1-4H3,(H,29,33)(H,30,32,34)/b20-14-. The predicted molar refractivity (Wildman–Crippen MR) is 146 cm³/mol. The second-order valence-corrected chi connectivity index (χ2v) is 9.27. The monoisotopic (exact) mass is 535 g/mol. The molecule has 0 atom stereocenters. The lowest BCUT2D eigenvalue weighted by Crippen LogP contribution is -2.13. The lowest BCUT2D eigenvalue weighted by atomic mass is 10.1. The third-order valence-corrected chi connectivity index (χ3v) is 6.02. The molecule has 0 fully saturated rings. The molecule has 2 amide bonds. The summed E-state index contributed by atoms with van der Waals surface area (Å²) in [5.74, 6) is 1.11. The van der Waals surface area contributed by atoms with E-state index < -0.39 is 5.91 Å². The van der Waals surface area contributed by atoms with Gasteiger partial charge in [-0.3, -0.25) is 14.9 Å². The van der Waals surface area contributed by atoms with Crippen LogP contribution in [0.4, 0.5) is 10.8 Å². The maximum atomic E-state index is 12.6. The molecular weight excluding hydrogens is 506 g/mol. The van der Waals surface area contributed by atoms with E-state index in [9.17, 15) is 14.9 Å². The Balaban J connectivity index is 1.61. The van der Waals surface area contributed by atoms with Crippen LogP contribution in [0.15, 0.2) is 48.0 Å². The molecule has 0 aliphatic heterocycles. The van der Waals surface area contributed by atoms with Crippen molar-refractivity contribution < 1.29 is 23.8 Å². The highest BCUT2D eigenvalue weighted by atomic mass is 32.1. The predicted octanol–water partition coefficient (Wildman–Crippen LogP) is 5.02. The van der Waals surface area contributed by atoms with E-state index in [1.54, 1.807) is 42.5 Å². The van der Waals surface area contributed by atoms with Gasteiger partial charge in [-0.2, -0.15) is 5.26 Å². The fourth-order valence-electron chi connectivity index (χ4n) is 3.15. The second-order valence-electron chi connectivity index (χ2n) is 8.27. The number of ether oxygens (including phenoxy) is 3. The smallest absolute Gasteiger partial charge is 0.268 e. The van der Waals surface area contributed by atoms with Crippen molar-refractivity contribution in [3.8, 4) is 23.3 Å². The number of nitrogens with one attached hydrogen (secondary N) is 2. The van der Waals surface area contributed by atoms with Crippen molar-refractivity contribution in [2.24, 2.45) is 0 Å². The molecule has 0 radical (unpaired) electrons. The van der Waals surface area contributed by atoms with Gasteiger partial charge in [0.15, 0.2) is 11.5 Å². The number of amides is 2. The van der Waals surface area contributed by atoms with E-state index in [1.807, 2.05) is 26.8 Å². The Morgan fingerprint density at radius 1 is 1.03 bits per heavy atom. The summed E-state index contributed by atoms with van der Waals surface area (Å²) >= 11 is 1.27. The van der Waals surface area contributed by atoms with Crippen LogP contribution in [-0.2, 0) is 9.59 Å². The fourth-order valence-corrected chi connectivity index (χ4v) is 3.89. The zero-order valence-corrected chi connectivity index (χ0v) is 22.4. The van der Waals surface area contributed by atoms with Gasteiger partial charge in [-0.1, -0.05) is 31.3 Å². The lowest BCUT2D eigenvalue weighted by molar-refractivity contribution is -0.114. The van der Waals surface area contributed by atoms with Crippen LogP contribution >= 0.6 is 11.3 Å². The first-order valence-corrected chi connectivity index (χ1v) is 12.8. The summed E-state index contributed by atoms with van der Waals surface area (Å²) < 4.78 is 17.2. The Morgan fingerprint density at radius 3 is 2.39 bits per heavy atom. The van der Waals surface area contributed by atoms with E-state index in [0.29, 0.717) is 40.2 Å². The summed E-state index contributed by atoms with van der Waals surface area (Å²) in [6.07, 6.45) is 1.47. The van der Waals surface area contributed by atoms with Gasteiger partial charge in [-0.05, 0) is 55.0 Å². The minimum Gasteiger partial charge on any atom is -0.490 e. The topological polar surface area (TPSA) is 135 Å². The zero-order valence-electron chi connectivity index (χ0n) is 21.6. The number of benzene rings is 2. The van der Waals surface area contributed by atoms with Crippen LogP contribution < -0.4 is 24.8 Å². The number of aromatic nitrogens is 2. The molecule has 0 spiro atoms. The normalized spacial score (nSPS) is 11.0. The van der Waals surface area contributed by atoms with Crippen molar-refractivity contribution in [3.63, 3.8) is 0 Å². The van der Waals surface area contributed by atoms with Crippen LogP contribution in [-0.4, -0.2) is 41.8 Å². The minimum absolute atomic E-state index is 0.0830. The van der Waals surface area contributed by atoms with Gasteiger partial charge in [0.25, 0.3) is 5.91 Å². The van der Waals surface area contributed by atoms with Crippen LogP contribution in [0, 0.1) is 11.3 Å². The van der Waals surface area contributed by atoms with Crippen molar-refractivity contribution in [1.82, 2.24) is 10.2 Å². The SMILES string of the molecule is CCOc1cc(/C=C(/C#N)C(=O)Nc2nnc(C(C)C)s2)ccc1OCCOc1ccc(NC(C)=O)cc1. The Bertz CT molecular complexity index is 1330. The molecule has 11 heteroatoms. The van der Waals surface area contributed by atoms with E-state index in [4.69, 9.17) is 14.2 Å². The van der Waals surface area contributed by atoms with Gasteiger partial charge < -0.3 is 19.5 Å². The van der Waals surface area contributed by atoms with Crippen molar-refractivity contribution >= 4 is 40.0 Å². The van der Waals surface area contributed by atoms with Crippen molar-refractivity contribution in [3.05, 3.63) is 58.6 Å². The molecule has 198 valence electrons. The van der Waals surface area contributed by atoms with Gasteiger partial charge in [-0.25, -0.2) is 0 Å². The Labute approximate surface area is 225 Å². The van der Waals surface area contributed by atoms with E-state index in [0.717, 1.165) is 5.01 Å². The van der Waals surface area contributed by atoms with Crippen LogP contribution in [0.3, 0.4) is 0 Å². The average Bonchev–Trinajstić information content (AvgIpc) is 3.35. The fraction of sp³-hybridized carbons (Fsp3) is 0.296. The first kappa shape index (κ1) is 28.1. The van der Waals surface area contributed by atoms with E-state index in [1.165, 1.54) is 24.3 Å². The largest absolute Gasteiger partial charge is 0.490 e. The molecule has 0 saturated carbocycles. The Hall–Kier alpha value is -4.43. The lowest BCUT2D eigenvalue weighted by Gasteiger charge is -2.13. The quantitative estimate of drug-likeness (QED) is 0.187. The molecule has 0 saturated heterocycles. The van der Waals surface area contributed by atoms with Crippen LogP contribution in [0.1, 0.15) is 44.2 Å². The van der Waals surface area contributed by atoms with Gasteiger partial charge in [0.05, 0.1) is 6.61 Å². The molecule has 0 unspecified atom stereocenters. The molecule has 3 aromatic rings. The molecule has 0 aliphatic rings. The summed E-state index contributed by atoms with van der Waals surface area (Å²) in [7, 11) is 0. The number of hydrogen-bond acceptors (Lipinski definition) is 9. The van der Waals surface area contributed by atoms with Crippen molar-refractivity contribution in [2.75, 3.05) is 30.5 Å². The minimum atomic E-state index is -0.570. The van der Waals surface area contributed by atoms with Crippen LogP contribution in [0.2, 0.25) is 0 Å². The summed E-state index contributed by atoms with van der Waals surface area (Å²) in [5, 5.41) is 24.0. The highest BCUT2D eigenvalue weighted by Gasteiger charge is 2.15. The third-order valence-electron chi connectivity index (χ3n) is 4.88. The van der Waals surface area contributed by atoms with Crippen molar-refractivity contribution in [1.29, 1.82) is 5.26 Å². The number of nitriles is 1. The number of carbonyl (C=O) groups excluding carboxylic acids is 2. The van der Waals surface area contributed by atoms with Crippen LogP contribution in [0.5, 0.6) is 17.2 Å². The van der Waals surface area contributed by atoms with Gasteiger partial charge in [0, 0.05) is 18.5 Å². The van der Waals surface area contributed by atoms with E-state index in [-0.39, 0.29) is 30.6 Å². The second kappa shape index (κ2) is 13.8. The van der Waals surface area contributed by atoms with Gasteiger partial charge in [0.1, 0.15) is 35.6 Å². The first-order chi connectivity index (χ1) is 18.3. The number of hydrogen-bond donors (Lipinski definition) is 2. The molecule has 2 aromatic carbocycles. The Morgan fingerprint density at radius 2 is 1.76 bits per heavy atom. The summed E-state index contributed by atoms with van der Waals surface area (Å²) in [6, 6.07) is 14.1. The molecule has 1 aromatic heterocycles. The number of carbonyl (C=O) groups is 2. The maximum Gasteiger partial charge on any atom is 0.268 e. The van der Waals surface area contributed by atoms with Gasteiger partial charge in [-0.15, -0.1) is 10.2 Å². The first-order valence-electron chi connectivity index (χ1n) is 12.0. The number of anilines is 2. The zero-order chi connectivity index (χ0) is 27.5. The molecule has 2 N–H and O–H groups in total. The number of rotatable bonds is 12. The summed E-state index contributed by atoms with van der Waals surface area (Å²) in [5.41, 5.74) is 1.21. The third kappa shape index (κ3) is 8.31. The van der Waals surface area contributed by atoms with E-state index in [2.05, 4.69) is 20.8 Å².